The van der Waals surface area contributed by atoms with E-state index in [-0.39, 0.29) is 114 Å². The fraction of sp³-hybridized carbons (Fsp3) is 0. The van der Waals surface area contributed by atoms with Gasteiger partial charge in [-0.1, -0.05) is 0 Å². The van der Waals surface area contributed by atoms with Gasteiger partial charge in [-0.2, -0.15) is 0 Å². The molecule has 0 bridgehead atoms. The van der Waals surface area contributed by atoms with Crippen molar-refractivity contribution in [2.45, 2.75) is 0 Å². The van der Waals surface area contributed by atoms with Gasteiger partial charge in [-0.15, -0.1) is 0 Å². The van der Waals surface area contributed by atoms with Crippen molar-refractivity contribution in [2.75, 3.05) is 0 Å². The molecule has 0 rings (SSSR count). The number of rotatable bonds is 0. The smallest absolute Gasteiger partial charge is 0 e. The summed E-state index contributed by atoms with van der Waals surface area (Å²) in [5.74, 6) is 0. The summed E-state index contributed by atoms with van der Waals surface area (Å²) >= 11 is 0. The van der Waals surface area contributed by atoms with E-state index in [1.54, 1.807) is 0 Å². The van der Waals surface area contributed by atoms with Crippen molar-refractivity contribution >= 4 is 0 Å². The molecule has 4 heteroatoms. The van der Waals surface area contributed by atoms with Crippen LogP contribution in [0.3, 0.4) is 0 Å². The summed E-state index contributed by atoms with van der Waals surface area (Å²) in [5, 5.41) is 0. The second-order valence-electron chi connectivity index (χ2n) is 0. The first kappa shape index (κ1) is 25.6. The van der Waals surface area contributed by atoms with Gasteiger partial charge in [-0.05, 0) is 0 Å². The molecule has 0 fully saturated rings. The Morgan fingerprint density at radius 2 is 1.00 bits per heavy atom. The minimum atomic E-state index is 0. The van der Waals surface area contributed by atoms with E-state index in [0.29, 0.717) is 0 Å². The quantitative estimate of drug-likeness (QED) is 0.515. The van der Waals surface area contributed by atoms with E-state index >= 15 is 0 Å². The molecule has 2 N–H and O–H groups in total. The van der Waals surface area contributed by atoms with Crippen LogP contribution in [0.2, 0.25) is 0 Å². The minimum absolute atomic E-state index is 0. The summed E-state index contributed by atoms with van der Waals surface area (Å²) in [5.41, 5.74) is 0. The van der Waals surface area contributed by atoms with Crippen molar-refractivity contribution in [3.63, 3.8) is 0 Å². The van der Waals surface area contributed by atoms with Gasteiger partial charge in [0.2, 0.25) is 0 Å². The van der Waals surface area contributed by atoms with Crippen LogP contribution in [0.5, 0.6) is 0 Å². The molecular formula is H2CeNdOZr. The fourth-order valence-electron chi connectivity index (χ4n) is 0. The molecule has 0 aromatic carbocycles. The van der Waals surface area contributed by atoms with E-state index in [2.05, 4.69) is 0 Å². The summed E-state index contributed by atoms with van der Waals surface area (Å²) in [4.78, 5) is 0. The van der Waals surface area contributed by atoms with Gasteiger partial charge >= 0.3 is 0 Å². The number of hydrogen-bond acceptors (Lipinski definition) is 0. The van der Waals surface area contributed by atoms with Gasteiger partial charge in [0.25, 0.3) is 0 Å². The zero-order valence-electron chi connectivity index (χ0n) is 2.00. The van der Waals surface area contributed by atoms with Crippen molar-refractivity contribution < 1.29 is 114 Å². The number of hydrogen-bond donors (Lipinski definition) is 0. The first-order chi connectivity index (χ1) is 0. The van der Waals surface area contributed by atoms with Crippen molar-refractivity contribution in [1.82, 2.24) is 0 Å². The first-order valence-electron chi connectivity index (χ1n) is 0. The molecule has 0 saturated carbocycles. The molecule has 20 valence electrons. The van der Waals surface area contributed by atoms with Crippen molar-refractivity contribution in [3.8, 4) is 0 Å². The fourth-order valence-corrected chi connectivity index (χ4v) is 0. The van der Waals surface area contributed by atoms with Crippen molar-refractivity contribution in [1.29, 1.82) is 0 Å². The van der Waals surface area contributed by atoms with Crippen LogP contribution in [-0.4, -0.2) is 5.48 Å². The summed E-state index contributed by atoms with van der Waals surface area (Å²) in [6.45, 7) is 0. The van der Waals surface area contributed by atoms with Gasteiger partial charge in [-0.25, -0.2) is 0 Å². The second kappa shape index (κ2) is 16.0. The van der Waals surface area contributed by atoms with E-state index in [9.17, 15) is 0 Å². The minimum Gasteiger partial charge on any atom is -0.412 e. The predicted octanol–water partition coefficient (Wildman–Crippen LogP) is -0.827. The SMILES string of the molecule is O.[Ce].[Nd].[Zr]. The molecular weight excluding hydrogens is 392 g/mol. The monoisotopic (exact) mass is 390 g/mol. The Kier molecular flexibility index (Phi) is 103. The van der Waals surface area contributed by atoms with Crippen LogP contribution in [0.4, 0.5) is 0 Å². The van der Waals surface area contributed by atoms with E-state index in [1.807, 2.05) is 0 Å². The molecule has 0 aliphatic rings. The van der Waals surface area contributed by atoms with Crippen molar-refractivity contribution in [3.05, 3.63) is 0 Å². The molecule has 0 aliphatic heterocycles. The molecule has 0 aromatic heterocycles. The first-order valence-corrected chi connectivity index (χ1v) is 0. The van der Waals surface area contributed by atoms with Crippen LogP contribution in [0.15, 0.2) is 0 Å². The predicted molar refractivity (Wildman–Crippen MR) is 3.61 cm³/mol. The normalized spacial score (nSPS) is 0. The summed E-state index contributed by atoms with van der Waals surface area (Å²) in [6, 6.07) is 0. The molecule has 0 aromatic rings. The van der Waals surface area contributed by atoms with Gasteiger partial charge in [0.15, 0.2) is 0 Å². The summed E-state index contributed by atoms with van der Waals surface area (Å²) < 4.78 is 0. The van der Waals surface area contributed by atoms with Gasteiger partial charge < -0.3 is 5.48 Å². The Bertz CT molecular complexity index is 8.00. The molecule has 0 spiro atoms. The Morgan fingerprint density at radius 3 is 1.00 bits per heavy atom. The van der Waals surface area contributed by atoms with E-state index in [1.165, 1.54) is 0 Å². The van der Waals surface area contributed by atoms with E-state index < -0.39 is 0 Å². The maximum atomic E-state index is 0. The van der Waals surface area contributed by atoms with Crippen LogP contribution >= 0.6 is 0 Å². The van der Waals surface area contributed by atoms with E-state index in [0.717, 1.165) is 0 Å². The van der Waals surface area contributed by atoms with Crippen molar-refractivity contribution in [2.24, 2.45) is 0 Å². The molecule has 4 heavy (non-hydrogen) atoms. The third-order valence-electron chi connectivity index (χ3n) is 0. The largest absolute Gasteiger partial charge is 0.412 e. The molecule has 0 atom stereocenters. The molecule has 0 heterocycles. The molecule has 1 nitrogen and oxygen atoms in total. The maximum absolute atomic E-state index is 0. The zero-order valence-corrected chi connectivity index (χ0v) is 10.8. The van der Waals surface area contributed by atoms with Gasteiger partial charge in [0, 0.05) is 109 Å². The third-order valence-corrected chi connectivity index (χ3v) is 0. The Balaban J connectivity index is 0. The van der Waals surface area contributed by atoms with Crippen LogP contribution in [-0.2, 0) is 26.2 Å². The molecule has 0 unspecified atom stereocenters. The van der Waals surface area contributed by atoms with Crippen LogP contribution in [0.1, 0.15) is 0 Å². The van der Waals surface area contributed by atoms with Gasteiger partial charge in [0.05, 0.1) is 0 Å². The van der Waals surface area contributed by atoms with E-state index in [4.69, 9.17) is 0 Å². The average molecular weight is 394 g/mol. The van der Waals surface area contributed by atoms with Gasteiger partial charge in [0.1, 0.15) is 0 Å². The molecule has 0 saturated heterocycles. The van der Waals surface area contributed by atoms with Crippen LogP contribution in [0, 0.1) is 82.6 Å². The third kappa shape index (κ3) is 9.13. The Morgan fingerprint density at radius 1 is 1.00 bits per heavy atom. The summed E-state index contributed by atoms with van der Waals surface area (Å²) in [6.07, 6.45) is 0. The zero-order chi connectivity index (χ0) is 0. The maximum Gasteiger partial charge on any atom is 0 e. The topological polar surface area (TPSA) is 31.5 Å². The molecule has 0 aliphatic carbocycles. The Labute approximate surface area is 111 Å². The molecule has 0 amide bonds. The molecule has 0 radical (unpaired) electrons. The average Bonchev–Trinajstić information content (AvgIpc) is 0. The van der Waals surface area contributed by atoms with Crippen LogP contribution in [0.25, 0.3) is 0 Å². The second-order valence-corrected chi connectivity index (χ2v) is 0. The summed E-state index contributed by atoms with van der Waals surface area (Å²) in [7, 11) is 0. The standard InChI is InChI=1S/Ce.Nd.H2O.Zr/h;;1H2;. The van der Waals surface area contributed by atoms with Crippen LogP contribution < -0.4 is 0 Å². The Hall–Kier alpha value is 3.57. The van der Waals surface area contributed by atoms with Gasteiger partial charge in [-0.3, -0.25) is 0 Å².